The van der Waals surface area contributed by atoms with Gasteiger partial charge in [0.05, 0.1) is 0 Å². The molecule has 110 valence electrons. The molecule has 19 heavy (non-hydrogen) atoms. The number of hydrogen-bond acceptors (Lipinski definition) is 3. The number of aliphatic carboxylic acids is 1. The molecule has 0 aliphatic carbocycles. The van der Waals surface area contributed by atoms with Crippen molar-refractivity contribution in [3.63, 3.8) is 0 Å². The van der Waals surface area contributed by atoms with E-state index in [-0.39, 0.29) is 24.7 Å². The van der Waals surface area contributed by atoms with E-state index in [2.05, 4.69) is 4.90 Å². The Morgan fingerprint density at radius 2 is 2.00 bits per heavy atom. The van der Waals surface area contributed by atoms with Gasteiger partial charge >= 0.3 is 12.0 Å². The lowest BCUT2D eigenvalue weighted by Crippen LogP contribution is -2.51. The first kappa shape index (κ1) is 15.8. The number of carbonyl (C=O) groups is 2. The van der Waals surface area contributed by atoms with E-state index in [0.29, 0.717) is 0 Å². The summed E-state index contributed by atoms with van der Waals surface area (Å²) in [5.74, 6) is -0.967. The van der Waals surface area contributed by atoms with Crippen molar-refractivity contribution in [2.75, 3.05) is 33.7 Å². The number of carboxylic acid groups (broad SMARTS) is 1. The SMILES string of the molecule is CC(C)N(CC(=O)O)C(=O)N1CCCC1CN(C)C. The van der Waals surface area contributed by atoms with Crippen LogP contribution in [0.4, 0.5) is 4.79 Å². The lowest BCUT2D eigenvalue weighted by Gasteiger charge is -2.34. The summed E-state index contributed by atoms with van der Waals surface area (Å²) < 4.78 is 0. The van der Waals surface area contributed by atoms with Gasteiger partial charge in [-0.15, -0.1) is 0 Å². The Labute approximate surface area is 115 Å². The van der Waals surface area contributed by atoms with E-state index in [0.717, 1.165) is 25.9 Å². The van der Waals surface area contributed by atoms with Gasteiger partial charge in [-0.3, -0.25) is 4.79 Å². The highest BCUT2D eigenvalue weighted by molar-refractivity contribution is 5.80. The topological polar surface area (TPSA) is 64.1 Å². The van der Waals surface area contributed by atoms with Crippen LogP contribution in [0, 0.1) is 0 Å². The third-order valence-electron chi connectivity index (χ3n) is 3.37. The normalized spacial score (nSPS) is 19.3. The molecule has 1 N–H and O–H groups in total. The Morgan fingerprint density at radius 1 is 1.37 bits per heavy atom. The largest absolute Gasteiger partial charge is 0.480 e. The average molecular weight is 271 g/mol. The molecule has 0 bridgehead atoms. The molecule has 0 spiro atoms. The smallest absolute Gasteiger partial charge is 0.323 e. The van der Waals surface area contributed by atoms with Crippen LogP contribution in [0.2, 0.25) is 0 Å². The van der Waals surface area contributed by atoms with E-state index in [4.69, 9.17) is 5.11 Å². The second-order valence-electron chi connectivity index (χ2n) is 5.65. The Hall–Kier alpha value is -1.30. The van der Waals surface area contributed by atoms with Crippen LogP contribution < -0.4 is 0 Å². The van der Waals surface area contributed by atoms with E-state index < -0.39 is 5.97 Å². The monoisotopic (exact) mass is 271 g/mol. The van der Waals surface area contributed by atoms with Crippen LogP contribution in [0.25, 0.3) is 0 Å². The Kier molecular flexibility index (Phi) is 5.60. The van der Waals surface area contributed by atoms with Crippen molar-refractivity contribution in [1.29, 1.82) is 0 Å². The van der Waals surface area contributed by atoms with Gasteiger partial charge in [0.2, 0.25) is 0 Å². The molecule has 1 saturated heterocycles. The molecular weight excluding hydrogens is 246 g/mol. The summed E-state index contributed by atoms with van der Waals surface area (Å²) in [5, 5.41) is 8.92. The summed E-state index contributed by atoms with van der Waals surface area (Å²) in [5.41, 5.74) is 0. The Bertz CT molecular complexity index is 331. The second-order valence-corrected chi connectivity index (χ2v) is 5.65. The molecule has 1 unspecified atom stereocenters. The van der Waals surface area contributed by atoms with Crippen molar-refractivity contribution in [3.8, 4) is 0 Å². The number of rotatable bonds is 5. The van der Waals surface area contributed by atoms with E-state index in [9.17, 15) is 9.59 Å². The fourth-order valence-corrected chi connectivity index (χ4v) is 2.48. The molecule has 0 radical (unpaired) electrons. The van der Waals surface area contributed by atoms with E-state index in [1.807, 2.05) is 32.8 Å². The lowest BCUT2D eigenvalue weighted by atomic mass is 10.2. The molecule has 1 aliphatic heterocycles. The summed E-state index contributed by atoms with van der Waals surface area (Å²) >= 11 is 0. The van der Waals surface area contributed by atoms with Crippen LogP contribution in [0.3, 0.4) is 0 Å². The molecule has 0 aromatic carbocycles. The summed E-state index contributed by atoms with van der Waals surface area (Å²) in [6.45, 7) is 5.00. The minimum Gasteiger partial charge on any atom is -0.480 e. The van der Waals surface area contributed by atoms with E-state index in [1.165, 1.54) is 4.90 Å². The molecule has 1 rings (SSSR count). The Morgan fingerprint density at radius 3 is 2.47 bits per heavy atom. The molecule has 2 amide bonds. The van der Waals surface area contributed by atoms with Gasteiger partial charge < -0.3 is 19.8 Å². The van der Waals surface area contributed by atoms with Crippen LogP contribution in [0.5, 0.6) is 0 Å². The third-order valence-corrected chi connectivity index (χ3v) is 3.37. The van der Waals surface area contributed by atoms with Gasteiger partial charge in [0, 0.05) is 25.2 Å². The van der Waals surface area contributed by atoms with Gasteiger partial charge in [0.25, 0.3) is 0 Å². The highest BCUT2D eigenvalue weighted by atomic mass is 16.4. The molecule has 1 atom stereocenters. The third kappa shape index (κ3) is 4.38. The van der Waals surface area contributed by atoms with Gasteiger partial charge in [0.1, 0.15) is 6.54 Å². The summed E-state index contributed by atoms with van der Waals surface area (Å²) in [7, 11) is 3.97. The Balaban J connectivity index is 2.74. The molecule has 6 heteroatoms. The minimum absolute atomic E-state index is 0.107. The predicted molar refractivity (Wildman–Crippen MR) is 73.2 cm³/mol. The van der Waals surface area contributed by atoms with Crippen LogP contribution in [0.15, 0.2) is 0 Å². The zero-order valence-electron chi connectivity index (χ0n) is 12.3. The summed E-state index contributed by atoms with van der Waals surface area (Å²) in [6, 6.07) is -0.0662. The van der Waals surface area contributed by atoms with E-state index >= 15 is 0 Å². The maximum atomic E-state index is 12.5. The van der Waals surface area contributed by atoms with Crippen molar-refractivity contribution in [1.82, 2.24) is 14.7 Å². The van der Waals surface area contributed by atoms with Gasteiger partial charge in [-0.05, 0) is 40.8 Å². The number of hydrogen-bond donors (Lipinski definition) is 1. The van der Waals surface area contributed by atoms with Gasteiger partial charge in [-0.25, -0.2) is 4.79 Å². The molecule has 6 nitrogen and oxygen atoms in total. The molecule has 0 aromatic heterocycles. The average Bonchev–Trinajstić information content (AvgIpc) is 2.71. The van der Waals surface area contributed by atoms with Crippen LogP contribution in [-0.4, -0.2) is 77.6 Å². The predicted octanol–water partition coefficient (Wildman–Crippen LogP) is 0.927. The van der Waals surface area contributed by atoms with Crippen molar-refractivity contribution in [3.05, 3.63) is 0 Å². The number of likely N-dealkylation sites (tertiary alicyclic amines) is 1. The first-order chi connectivity index (χ1) is 8.82. The molecular formula is C13H25N3O3. The van der Waals surface area contributed by atoms with Crippen molar-refractivity contribution in [2.45, 2.75) is 38.8 Å². The number of carboxylic acids is 1. The van der Waals surface area contributed by atoms with Gasteiger partial charge in [-0.2, -0.15) is 0 Å². The number of likely N-dealkylation sites (N-methyl/N-ethyl adjacent to an activating group) is 1. The standard InChI is InChI=1S/C13H25N3O3/c1-10(2)16(9-12(17)18)13(19)15-7-5-6-11(15)8-14(3)4/h10-11H,5-9H2,1-4H3,(H,17,18). The maximum absolute atomic E-state index is 12.5. The number of carbonyl (C=O) groups excluding carboxylic acids is 1. The van der Waals surface area contributed by atoms with E-state index in [1.54, 1.807) is 0 Å². The quantitative estimate of drug-likeness (QED) is 0.808. The van der Waals surface area contributed by atoms with Gasteiger partial charge in [0.15, 0.2) is 0 Å². The fraction of sp³-hybridized carbons (Fsp3) is 0.846. The maximum Gasteiger partial charge on any atom is 0.323 e. The van der Waals surface area contributed by atoms with Crippen molar-refractivity contribution >= 4 is 12.0 Å². The highest BCUT2D eigenvalue weighted by Crippen LogP contribution is 2.20. The molecule has 0 saturated carbocycles. The highest BCUT2D eigenvalue weighted by Gasteiger charge is 2.33. The molecule has 0 aromatic rings. The first-order valence-corrected chi connectivity index (χ1v) is 6.76. The molecule has 1 heterocycles. The second kappa shape index (κ2) is 6.75. The number of amides is 2. The zero-order valence-corrected chi connectivity index (χ0v) is 12.3. The lowest BCUT2D eigenvalue weighted by molar-refractivity contribution is -0.138. The first-order valence-electron chi connectivity index (χ1n) is 6.76. The molecule has 1 aliphatic rings. The number of nitrogens with zero attached hydrogens (tertiary/aromatic N) is 3. The zero-order chi connectivity index (χ0) is 14.6. The summed E-state index contributed by atoms with van der Waals surface area (Å²) in [6.07, 6.45) is 1.98. The molecule has 1 fully saturated rings. The summed E-state index contributed by atoms with van der Waals surface area (Å²) in [4.78, 5) is 28.7. The fourth-order valence-electron chi connectivity index (χ4n) is 2.48. The van der Waals surface area contributed by atoms with Crippen LogP contribution in [-0.2, 0) is 4.79 Å². The number of urea groups is 1. The van der Waals surface area contributed by atoms with Crippen molar-refractivity contribution in [2.24, 2.45) is 0 Å². The van der Waals surface area contributed by atoms with Gasteiger partial charge in [-0.1, -0.05) is 0 Å². The van der Waals surface area contributed by atoms with Crippen molar-refractivity contribution < 1.29 is 14.7 Å². The van der Waals surface area contributed by atoms with Crippen LogP contribution in [0.1, 0.15) is 26.7 Å². The van der Waals surface area contributed by atoms with Crippen LogP contribution >= 0.6 is 0 Å². The minimum atomic E-state index is -0.967.